The Morgan fingerprint density at radius 1 is 0.795 bits per heavy atom. The smallest absolute Gasteiger partial charge is 0.135 e. The fraction of sp³-hybridized carbons (Fsp3) is 0.0556. The molecule has 0 N–H and O–H groups in total. The second-order valence-electron chi connectivity index (χ2n) is 10.5. The van der Waals surface area contributed by atoms with Crippen molar-refractivity contribution >= 4 is 38.9 Å². The minimum atomic E-state index is 0. The normalized spacial score (nSPS) is 12.4. The maximum atomic E-state index is 6.27. The molecule has 0 saturated heterocycles. The van der Waals surface area contributed by atoms with Crippen molar-refractivity contribution in [2.75, 3.05) is 16.8 Å². The molecule has 0 atom stereocenters. The number of fused-ring (bicyclic) bond motifs is 4. The van der Waals surface area contributed by atoms with E-state index in [-0.39, 0.29) is 21.1 Å². The van der Waals surface area contributed by atoms with Gasteiger partial charge in [-0.2, -0.15) is 30.6 Å². The van der Waals surface area contributed by atoms with Gasteiger partial charge in [0.25, 0.3) is 0 Å². The molecule has 7 nitrogen and oxygen atoms in total. The molecule has 0 amide bonds. The molecule has 0 bridgehead atoms. The van der Waals surface area contributed by atoms with E-state index in [4.69, 9.17) is 9.72 Å². The Labute approximate surface area is 269 Å². The van der Waals surface area contributed by atoms with Crippen molar-refractivity contribution in [3.8, 4) is 28.6 Å². The molecule has 44 heavy (non-hydrogen) atoms. The van der Waals surface area contributed by atoms with Crippen LogP contribution in [0.5, 0.6) is 11.6 Å². The van der Waals surface area contributed by atoms with E-state index in [1.807, 2.05) is 68.6 Å². The number of anilines is 3. The zero-order valence-electron chi connectivity index (χ0n) is 23.9. The summed E-state index contributed by atoms with van der Waals surface area (Å²) >= 11 is 0. The van der Waals surface area contributed by atoms with Crippen LogP contribution in [-0.4, -0.2) is 26.6 Å². The van der Waals surface area contributed by atoms with Gasteiger partial charge in [-0.05, 0) is 61.4 Å². The number of aromatic nitrogens is 4. The van der Waals surface area contributed by atoms with Gasteiger partial charge in [-0.1, -0.05) is 41.9 Å². The summed E-state index contributed by atoms with van der Waals surface area (Å²) in [5, 5.41) is 2.19. The van der Waals surface area contributed by atoms with Crippen molar-refractivity contribution in [3.63, 3.8) is 0 Å². The molecular formula is C36H25N6OPt-3. The van der Waals surface area contributed by atoms with Crippen molar-refractivity contribution in [1.29, 1.82) is 0 Å². The Morgan fingerprint density at radius 3 is 2.48 bits per heavy atom. The molecule has 4 aromatic heterocycles. The maximum absolute atomic E-state index is 6.27. The predicted octanol–water partition coefficient (Wildman–Crippen LogP) is 8.04. The van der Waals surface area contributed by atoms with Crippen LogP contribution in [0, 0.1) is 25.7 Å². The van der Waals surface area contributed by atoms with E-state index in [9.17, 15) is 0 Å². The first-order valence-corrected chi connectivity index (χ1v) is 14.0. The van der Waals surface area contributed by atoms with Crippen LogP contribution < -0.4 is 14.5 Å². The molecule has 0 radical (unpaired) electrons. The van der Waals surface area contributed by atoms with E-state index in [1.54, 1.807) is 12.4 Å². The topological polar surface area (TPSA) is 59.3 Å². The molecule has 1 aliphatic heterocycles. The van der Waals surface area contributed by atoms with E-state index in [2.05, 4.69) is 85.9 Å². The van der Waals surface area contributed by atoms with Crippen LogP contribution in [0.4, 0.5) is 17.1 Å². The monoisotopic (exact) mass is 752 g/mol. The third kappa shape index (κ3) is 4.70. The number of ether oxygens (including phenoxy) is 1. The van der Waals surface area contributed by atoms with Gasteiger partial charge in [-0.3, -0.25) is 9.97 Å². The number of aryl methyl sites for hydroxylation is 1. The van der Waals surface area contributed by atoms with Crippen molar-refractivity contribution < 1.29 is 25.8 Å². The fourth-order valence-corrected chi connectivity index (χ4v) is 5.77. The molecule has 0 spiro atoms. The van der Waals surface area contributed by atoms with Gasteiger partial charge in [-0.15, -0.1) is 17.5 Å². The first kappa shape index (κ1) is 27.8. The third-order valence-corrected chi connectivity index (χ3v) is 7.79. The van der Waals surface area contributed by atoms with E-state index < -0.39 is 0 Å². The van der Waals surface area contributed by atoms with E-state index >= 15 is 0 Å². The molecule has 8 rings (SSSR count). The Hall–Kier alpha value is -5.00. The Kier molecular flexibility index (Phi) is 7.11. The van der Waals surface area contributed by atoms with Crippen LogP contribution in [0.2, 0.25) is 0 Å². The van der Waals surface area contributed by atoms with Crippen LogP contribution in [-0.2, 0) is 21.1 Å². The van der Waals surface area contributed by atoms with Crippen LogP contribution in [0.1, 0.15) is 5.56 Å². The van der Waals surface area contributed by atoms with Crippen LogP contribution in [0.15, 0.2) is 110 Å². The first-order valence-electron chi connectivity index (χ1n) is 14.0. The second kappa shape index (κ2) is 11.2. The molecular weight excluding hydrogens is 728 g/mol. The molecule has 0 saturated carbocycles. The molecule has 7 aromatic rings. The van der Waals surface area contributed by atoms with E-state index in [0.29, 0.717) is 11.6 Å². The van der Waals surface area contributed by atoms with Gasteiger partial charge in [0.05, 0.1) is 0 Å². The quantitative estimate of drug-likeness (QED) is 0.166. The van der Waals surface area contributed by atoms with Crippen molar-refractivity contribution in [3.05, 3.63) is 134 Å². The van der Waals surface area contributed by atoms with Gasteiger partial charge in [0.15, 0.2) is 0 Å². The summed E-state index contributed by atoms with van der Waals surface area (Å²) in [5.74, 6) is 1.72. The molecule has 8 heteroatoms. The number of hydrogen-bond acceptors (Lipinski definition) is 6. The van der Waals surface area contributed by atoms with Crippen molar-refractivity contribution in [2.45, 2.75) is 6.92 Å². The van der Waals surface area contributed by atoms with Crippen LogP contribution >= 0.6 is 0 Å². The zero-order valence-corrected chi connectivity index (χ0v) is 26.1. The summed E-state index contributed by atoms with van der Waals surface area (Å²) in [6.07, 6.45) is 7.29. The average molecular weight is 753 g/mol. The number of hydrogen-bond donors (Lipinski definition) is 0. The fourth-order valence-electron chi connectivity index (χ4n) is 5.77. The van der Waals surface area contributed by atoms with Crippen LogP contribution in [0.3, 0.4) is 0 Å². The first-order chi connectivity index (χ1) is 21.1. The number of para-hydroxylation sites is 3. The molecule has 3 aromatic carbocycles. The standard InChI is InChI=1S/C36H25N6O.Pt/c1-24-18-35(39-22-30(24)25-8-7-16-37-21-25)42-31-10-4-3-9-28(31)29-14-13-27(20-34(29)42)43-36-19-26(15-17-38-36)41-23-40(2)32-11-5-6-12-33(32)41;/h3-18,21-23H,1-2H3;/q-3;. The van der Waals surface area contributed by atoms with Crippen LogP contribution in [0.25, 0.3) is 38.8 Å². The van der Waals surface area contributed by atoms with E-state index in [0.717, 1.165) is 61.4 Å². The Morgan fingerprint density at radius 2 is 1.64 bits per heavy atom. The predicted molar refractivity (Wildman–Crippen MR) is 170 cm³/mol. The molecule has 0 unspecified atom stereocenters. The molecule has 0 aliphatic carbocycles. The van der Waals surface area contributed by atoms with Gasteiger partial charge >= 0.3 is 0 Å². The van der Waals surface area contributed by atoms with Gasteiger partial charge < -0.3 is 19.1 Å². The van der Waals surface area contributed by atoms with Gasteiger partial charge in [-0.25, -0.2) is 4.98 Å². The third-order valence-electron chi connectivity index (χ3n) is 7.79. The molecule has 1 aliphatic rings. The van der Waals surface area contributed by atoms with Gasteiger partial charge in [0.2, 0.25) is 0 Å². The summed E-state index contributed by atoms with van der Waals surface area (Å²) in [7, 11) is 2.03. The molecule has 218 valence electrons. The van der Waals surface area contributed by atoms with Crippen molar-refractivity contribution in [2.24, 2.45) is 0 Å². The number of benzene rings is 3. The number of pyridine rings is 3. The summed E-state index contributed by atoms with van der Waals surface area (Å²) in [4.78, 5) is 17.8. The number of rotatable bonds is 5. The van der Waals surface area contributed by atoms with E-state index in [1.165, 1.54) is 0 Å². The summed E-state index contributed by atoms with van der Waals surface area (Å²) in [6.45, 7) is 4.13. The summed E-state index contributed by atoms with van der Waals surface area (Å²) in [6, 6.07) is 35.4. The number of nitrogens with zero attached hydrogens (tertiary/aromatic N) is 6. The Bertz CT molecular complexity index is 2150. The Balaban J connectivity index is 0.00000312. The summed E-state index contributed by atoms with van der Waals surface area (Å²) < 4.78 is 8.41. The van der Waals surface area contributed by atoms with Gasteiger partial charge in [0, 0.05) is 73.4 Å². The van der Waals surface area contributed by atoms with Crippen molar-refractivity contribution in [1.82, 2.24) is 19.5 Å². The summed E-state index contributed by atoms with van der Waals surface area (Å²) in [5.41, 5.74) is 8.16. The average Bonchev–Trinajstić information content (AvgIpc) is 3.56. The molecule has 5 heterocycles. The SMILES string of the molecule is Cc1cc(-n2c3[c-]c(Oc4[c-]c(N5[CH-]N(C)c6ccccc65)ccn4)ccc3c3ccccc32)ncc1-c1cccnc1.[Pt]. The second-order valence-corrected chi connectivity index (χ2v) is 10.5. The minimum absolute atomic E-state index is 0. The molecule has 0 fully saturated rings. The minimum Gasteiger partial charge on any atom is -0.504 e. The largest absolute Gasteiger partial charge is 0.504 e. The van der Waals surface area contributed by atoms with Gasteiger partial charge in [0.1, 0.15) is 11.7 Å². The zero-order chi connectivity index (χ0) is 28.9. The maximum Gasteiger partial charge on any atom is 0.135 e.